The zero-order chi connectivity index (χ0) is 15.0. The maximum atomic E-state index is 11.8. The molecule has 5 heteroatoms. The molecule has 0 spiro atoms. The number of nitrogens with two attached hydrogens (primary N) is 1. The highest BCUT2D eigenvalue weighted by atomic mass is 16.1. The fraction of sp³-hybridized carbons (Fsp3) is 0.600. The SMILES string of the molecule is CC(C)N(C)CCCCNC(=O)c1ccc(CN)cn1. The van der Waals surface area contributed by atoms with E-state index in [9.17, 15) is 4.79 Å². The van der Waals surface area contributed by atoms with Crippen LogP contribution in [0.2, 0.25) is 0 Å². The molecule has 1 heterocycles. The Balaban J connectivity index is 2.22. The Morgan fingerprint density at radius 1 is 1.40 bits per heavy atom. The first-order valence-corrected chi connectivity index (χ1v) is 7.18. The van der Waals surface area contributed by atoms with Crippen LogP contribution in [0.25, 0.3) is 0 Å². The quantitative estimate of drug-likeness (QED) is 0.705. The van der Waals surface area contributed by atoms with Gasteiger partial charge in [-0.25, -0.2) is 0 Å². The minimum absolute atomic E-state index is 0.120. The van der Waals surface area contributed by atoms with Gasteiger partial charge in [0.25, 0.3) is 5.91 Å². The van der Waals surface area contributed by atoms with E-state index < -0.39 is 0 Å². The summed E-state index contributed by atoms with van der Waals surface area (Å²) in [7, 11) is 2.12. The van der Waals surface area contributed by atoms with E-state index in [4.69, 9.17) is 5.73 Å². The van der Waals surface area contributed by atoms with Gasteiger partial charge in [0.15, 0.2) is 0 Å². The molecule has 1 amide bonds. The molecule has 1 aromatic rings. The molecule has 0 bridgehead atoms. The van der Waals surface area contributed by atoms with Gasteiger partial charge in [-0.2, -0.15) is 0 Å². The Morgan fingerprint density at radius 3 is 2.70 bits per heavy atom. The molecular formula is C15H26N4O. The molecule has 1 aromatic heterocycles. The van der Waals surface area contributed by atoms with Crippen molar-refractivity contribution < 1.29 is 4.79 Å². The topological polar surface area (TPSA) is 71.2 Å². The molecule has 0 aliphatic carbocycles. The first kappa shape index (κ1) is 16.6. The number of carbonyl (C=O) groups is 1. The Morgan fingerprint density at radius 2 is 2.15 bits per heavy atom. The zero-order valence-corrected chi connectivity index (χ0v) is 12.7. The molecule has 0 unspecified atom stereocenters. The summed E-state index contributed by atoms with van der Waals surface area (Å²) in [5, 5.41) is 2.89. The predicted molar refractivity (Wildman–Crippen MR) is 81.5 cm³/mol. The summed E-state index contributed by atoms with van der Waals surface area (Å²) in [4.78, 5) is 18.2. The number of nitrogens with one attached hydrogen (secondary N) is 1. The van der Waals surface area contributed by atoms with E-state index in [0.717, 1.165) is 24.9 Å². The van der Waals surface area contributed by atoms with Crippen LogP contribution in [0.1, 0.15) is 42.7 Å². The molecule has 0 atom stereocenters. The predicted octanol–water partition coefficient (Wildman–Crippen LogP) is 1.39. The van der Waals surface area contributed by atoms with Gasteiger partial charge in [-0.05, 0) is 51.9 Å². The highest BCUT2D eigenvalue weighted by molar-refractivity contribution is 5.92. The molecule has 0 aromatic carbocycles. The third-order valence-electron chi connectivity index (χ3n) is 3.40. The van der Waals surface area contributed by atoms with Crippen LogP contribution in [-0.2, 0) is 6.54 Å². The summed E-state index contributed by atoms with van der Waals surface area (Å²) in [6.45, 7) is 6.54. The van der Waals surface area contributed by atoms with Gasteiger partial charge in [-0.3, -0.25) is 9.78 Å². The van der Waals surface area contributed by atoms with E-state index in [0.29, 0.717) is 24.8 Å². The van der Waals surface area contributed by atoms with Crippen molar-refractivity contribution >= 4 is 5.91 Å². The summed E-state index contributed by atoms with van der Waals surface area (Å²) in [6, 6.07) is 4.11. The van der Waals surface area contributed by atoms with Gasteiger partial charge < -0.3 is 16.0 Å². The molecule has 112 valence electrons. The lowest BCUT2D eigenvalue weighted by Gasteiger charge is -2.20. The van der Waals surface area contributed by atoms with Gasteiger partial charge in [0.2, 0.25) is 0 Å². The normalized spacial score (nSPS) is 11.1. The van der Waals surface area contributed by atoms with Crippen molar-refractivity contribution in [2.24, 2.45) is 5.73 Å². The van der Waals surface area contributed by atoms with Gasteiger partial charge in [0.1, 0.15) is 5.69 Å². The van der Waals surface area contributed by atoms with E-state index in [1.54, 1.807) is 12.3 Å². The average Bonchev–Trinajstić information content (AvgIpc) is 2.46. The molecular weight excluding hydrogens is 252 g/mol. The van der Waals surface area contributed by atoms with E-state index in [1.807, 2.05) is 6.07 Å². The van der Waals surface area contributed by atoms with Crippen molar-refractivity contribution in [2.45, 2.75) is 39.3 Å². The Kier molecular flexibility index (Phi) is 7.18. The Bertz CT molecular complexity index is 403. The lowest BCUT2D eigenvalue weighted by molar-refractivity contribution is 0.0947. The molecule has 5 nitrogen and oxygen atoms in total. The van der Waals surface area contributed by atoms with Crippen LogP contribution in [0.4, 0.5) is 0 Å². The first-order valence-electron chi connectivity index (χ1n) is 7.18. The van der Waals surface area contributed by atoms with Crippen LogP contribution in [0.3, 0.4) is 0 Å². The molecule has 0 aliphatic heterocycles. The van der Waals surface area contributed by atoms with Crippen molar-refractivity contribution in [1.82, 2.24) is 15.2 Å². The number of hydrogen-bond donors (Lipinski definition) is 2. The van der Waals surface area contributed by atoms with Crippen LogP contribution < -0.4 is 11.1 Å². The van der Waals surface area contributed by atoms with Crippen molar-refractivity contribution in [3.8, 4) is 0 Å². The van der Waals surface area contributed by atoms with Crippen LogP contribution >= 0.6 is 0 Å². The molecule has 20 heavy (non-hydrogen) atoms. The molecule has 0 aliphatic rings. The molecule has 3 N–H and O–H groups in total. The van der Waals surface area contributed by atoms with Crippen molar-refractivity contribution in [1.29, 1.82) is 0 Å². The second kappa shape index (κ2) is 8.66. The fourth-order valence-electron chi connectivity index (χ4n) is 1.72. The number of unbranched alkanes of at least 4 members (excludes halogenated alkanes) is 1. The van der Waals surface area contributed by atoms with E-state index >= 15 is 0 Å². The van der Waals surface area contributed by atoms with Crippen molar-refractivity contribution in [3.05, 3.63) is 29.6 Å². The summed E-state index contributed by atoms with van der Waals surface area (Å²) in [6.07, 6.45) is 3.70. The molecule has 0 radical (unpaired) electrons. The van der Waals surface area contributed by atoms with E-state index in [-0.39, 0.29) is 5.91 Å². The van der Waals surface area contributed by atoms with Gasteiger partial charge in [-0.1, -0.05) is 6.07 Å². The second-order valence-electron chi connectivity index (χ2n) is 5.29. The number of nitrogens with zero attached hydrogens (tertiary/aromatic N) is 2. The third kappa shape index (κ3) is 5.67. The first-order chi connectivity index (χ1) is 9.54. The van der Waals surface area contributed by atoms with Crippen molar-refractivity contribution in [2.75, 3.05) is 20.1 Å². The van der Waals surface area contributed by atoms with E-state index in [1.165, 1.54) is 0 Å². The molecule has 0 fully saturated rings. The van der Waals surface area contributed by atoms with Gasteiger partial charge in [0.05, 0.1) is 0 Å². The summed E-state index contributed by atoms with van der Waals surface area (Å²) in [5.74, 6) is -0.120. The van der Waals surface area contributed by atoms with E-state index in [2.05, 4.69) is 36.1 Å². The molecule has 0 saturated carbocycles. The largest absolute Gasteiger partial charge is 0.351 e. The number of aromatic nitrogens is 1. The monoisotopic (exact) mass is 278 g/mol. The van der Waals surface area contributed by atoms with Crippen LogP contribution in [-0.4, -0.2) is 42.0 Å². The standard InChI is InChI=1S/C15H26N4O/c1-12(2)19(3)9-5-4-8-17-15(20)14-7-6-13(10-16)11-18-14/h6-7,11-12H,4-5,8-10,16H2,1-3H3,(H,17,20). The van der Waals surface area contributed by atoms with Gasteiger partial charge in [0, 0.05) is 25.3 Å². The molecule has 1 rings (SSSR count). The zero-order valence-electron chi connectivity index (χ0n) is 12.7. The summed E-state index contributed by atoms with van der Waals surface area (Å²) < 4.78 is 0. The maximum Gasteiger partial charge on any atom is 0.269 e. The number of amides is 1. The number of pyridine rings is 1. The fourth-order valence-corrected chi connectivity index (χ4v) is 1.72. The van der Waals surface area contributed by atoms with Gasteiger partial charge in [-0.15, -0.1) is 0 Å². The third-order valence-corrected chi connectivity index (χ3v) is 3.40. The second-order valence-corrected chi connectivity index (χ2v) is 5.29. The van der Waals surface area contributed by atoms with Crippen LogP contribution in [0, 0.1) is 0 Å². The lowest BCUT2D eigenvalue weighted by Crippen LogP contribution is -2.29. The lowest BCUT2D eigenvalue weighted by atomic mass is 10.2. The van der Waals surface area contributed by atoms with Gasteiger partial charge >= 0.3 is 0 Å². The van der Waals surface area contributed by atoms with Crippen LogP contribution in [0.5, 0.6) is 0 Å². The van der Waals surface area contributed by atoms with Crippen molar-refractivity contribution in [3.63, 3.8) is 0 Å². The maximum absolute atomic E-state index is 11.8. The highest BCUT2D eigenvalue weighted by Gasteiger charge is 2.06. The molecule has 0 saturated heterocycles. The minimum atomic E-state index is -0.120. The number of rotatable bonds is 8. The minimum Gasteiger partial charge on any atom is -0.351 e. The average molecular weight is 278 g/mol. The Hall–Kier alpha value is -1.46. The van der Waals surface area contributed by atoms with Crippen LogP contribution in [0.15, 0.2) is 18.3 Å². The number of carbonyl (C=O) groups excluding carboxylic acids is 1. The highest BCUT2D eigenvalue weighted by Crippen LogP contribution is 2.00. The summed E-state index contributed by atoms with van der Waals surface area (Å²) in [5.41, 5.74) is 6.87. The smallest absolute Gasteiger partial charge is 0.269 e. The number of hydrogen-bond acceptors (Lipinski definition) is 4. The summed E-state index contributed by atoms with van der Waals surface area (Å²) >= 11 is 0. The Labute approximate surface area is 121 Å².